The SMILES string of the molecule is CCCCCCCCC[C@H]1CC[C@H]([C@H]2CC[C@H](CCCCC)CC2)CC1. The van der Waals surface area contributed by atoms with Crippen LogP contribution in [0.4, 0.5) is 0 Å². The summed E-state index contributed by atoms with van der Waals surface area (Å²) in [4.78, 5) is 0. The Morgan fingerprint density at radius 3 is 1.23 bits per heavy atom. The molecule has 0 spiro atoms. The summed E-state index contributed by atoms with van der Waals surface area (Å²) in [5.41, 5.74) is 0. The first-order valence-corrected chi connectivity index (χ1v) is 12.8. The van der Waals surface area contributed by atoms with E-state index in [4.69, 9.17) is 0 Å². The van der Waals surface area contributed by atoms with Gasteiger partial charge < -0.3 is 0 Å². The molecule has 0 amide bonds. The van der Waals surface area contributed by atoms with E-state index in [2.05, 4.69) is 13.8 Å². The molecule has 2 aliphatic carbocycles. The summed E-state index contributed by atoms with van der Waals surface area (Å²) >= 11 is 0. The number of hydrogen-bond donors (Lipinski definition) is 0. The highest BCUT2D eigenvalue weighted by Gasteiger charge is 2.30. The van der Waals surface area contributed by atoms with Gasteiger partial charge in [0.2, 0.25) is 0 Å². The summed E-state index contributed by atoms with van der Waals surface area (Å²) in [6.45, 7) is 4.65. The fourth-order valence-electron chi connectivity index (χ4n) is 5.97. The van der Waals surface area contributed by atoms with Crippen molar-refractivity contribution in [1.82, 2.24) is 0 Å². The molecule has 0 nitrogen and oxygen atoms in total. The summed E-state index contributed by atoms with van der Waals surface area (Å²) in [7, 11) is 0. The quantitative estimate of drug-likeness (QED) is 0.286. The van der Waals surface area contributed by atoms with E-state index in [0.717, 1.165) is 23.7 Å². The second-order valence-electron chi connectivity index (χ2n) is 9.97. The van der Waals surface area contributed by atoms with E-state index in [1.165, 1.54) is 70.6 Å². The van der Waals surface area contributed by atoms with Crippen molar-refractivity contribution in [3.05, 3.63) is 0 Å². The topological polar surface area (TPSA) is 0 Å². The van der Waals surface area contributed by atoms with Crippen LogP contribution in [-0.2, 0) is 0 Å². The van der Waals surface area contributed by atoms with E-state index in [0.29, 0.717) is 0 Å². The first-order valence-electron chi connectivity index (χ1n) is 12.8. The average molecular weight is 363 g/mol. The van der Waals surface area contributed by atoms with Crippen LogP contribution in [0.15, 0.2) is 0 Å². The Balaban J connectivity index is 1.48. The third-order valence-electron chi connectivity index (χ3n) is 7.88. The Hall–Kier alpha value is 0. The predicted molar refractivity (Wildman–Crippen MR) is 118 cm³/mol. The molecule has 0 aliphatic heterocycles. The molecule has 0 saturated heterocycles. The van der Waals surface area contributed by atoms with Crippen molar-refractivity contribution in [3.63, 3.8) is 0 Å². The molecule has 0 atom stereocenters. The van der Waals surface area contributed by atoms with Gasteiger partial charge >= 0.3 is 0 Å². The Morgan fingerprint density at radius 1 is 0.423 bits per heavy atom. The second kappa shape index (κ2) is 14.1. The van der Waals surface area contributed by atoms with Gasteiger partial charge in [-0.1, -0.05) is 117 Å². The maximum atomic E-state index is 2.33. The van der Waals surface area contributed by atoms with Crippen LogP contribution in [-0.4, -0.2) is 0 Å². The summed E-state index contributed by atoms with van der Waals surface area (Å²) in [5.74, 6) is 4.40. The van der Waals surface area contributed by atoms with E-state index in [-0.39, 0.29) is 0 Å². The van der Waals surface area contributed by atoms with Crippen LogP contribution in [0.2, 0.25) is 0 Å². The second-order valence-corrected chi connectivity index (χ2v) is 9.97. The molecule has 0 N–H and O–H groups in total. The molecule has 0 bridgehead atoms. The highest BCUT2D eigenvalue weighted by atomic mass is 14.4. The number of hydrogen-bond acceptors (Lipinski definition) is 0. The van der Waals surface area contributed by atoms with Crippen molar-refractivity contribution in [3.8, 4) is 0 Å². The molecule has 2 saturated carbocycles. The molecule has 26 heavy (non-hydrogen) atoms. The maximum Gasteiger partial charge on any atom is -0.0386 e. The fraction of sp³-hybridized carbons (Fsp3) is 1.00. The van der Waals surface area contributed by atoms with Gasteiger partial charge in [-0.2, -0.15) is 0 Å². The van der Waals surface area contributed by atoms with Gasteiger partial charge in [0, 0.05) is 0 Å². The van der Waals surface area contributed by atoms with Crippen LogP contribution >= 0.6 is 0 Å². The number of rotatable bonds is 13. The molecule has 0 heteroatoms. The molecule has 0 unspecified atom stereocenters. The highest BCUT2D eigenvalue weighted by Crippen LogP contribution is 2.43. The van der Waals surface area contributed by atoms with E-state index in [9.17, 15) is 0 Å². The van der Waals surface area contributed by atoms with Gasteiger partial charge in [0.15, 0.2) is 0 Å². The minimum Gasteiger partial charge on any atom is -0.0654 e. The summed E-state index contributed by atoms with van der Waals surface area (Å²) in [6.07, 6.45) is 30.3. The van der Waals surface area contributed by atoms with E-state index in [1.807, 2.05) is 0 Å². The van der Waals surface area contributed by atoms with Gasteiger partial charge in [-0.25, -0.2) is 0 Å². The highest BCUT2D eigenvalue weighted by molar-refractivity contribution is 4.82. The predicted octanol–water partition coefficient (Wildman–Crippen LogP) is 9.32. The minimum atomic E-state index is 1.09. The van der Waals surface area contributed by atoms with Crippen LogP contribution < -0.4 is 0 Å². The van der Waals surface area contributed by atoms with Crippen LogP contribution in [0.1, 0.15) is 142 Å². The molecule has 2 aliphatic rings. The molecule has 0 aromatic heterocycles. The number of unbranched alkanes of at least 4 members (excludes halogenated alkanes) is 8. The van der Waals surface area contributed by atoms with E-state index >= 15 is 0 Å². The lowest BCUT2D eigenvalue weighted by Crippen LogP contribution is -2.25. The Kier molecular flexibility index (Phi) is 12.1. The summed E-state index contributed by atoms with van der Waals surface area (Å²) in [6, 6.07) is 0. The standard InChI is InChI=1S/C26H50/c1-3-5-7-8-9-10-12-14-24-17-21-26(22-18-24)25-19-15-23(16-20-25)13-11-6-4-2/h23-26H,3-22H2,1-2H3/t23-,24-,25-,26-. The lowest BCUT2D eigenvalue weighted by atomic mass is 9.68. The summed E-state index contributed by atoms with van der Waals surface area (Å²) in [5, 5.41) is 0. The van der Waals surface area contributed by atoms with Crippen molar-refractivity contribution >= 4 is 0 Å². The molecule has 0 radical (unpaired) electrons. The molecule has 0 heterocycles. The average Bonchev–Trinajstić information content (AvgIpc) is 2.69. The zero-order valence-electron chi connectivity index (χ0n) is 18.5. The van der Waals surface area contributed by atoms with Crippen molar-refractivity contribution in [2.45, 2.75) is 142 Å². The molecule has 2 fully saturated rings. The van der Waals surface area contributed by atoms with E-state index in [1.54, 1.807) is 57.8 Å². The molecule has 0 aromatic rings. The van der Waals surface area contributed by atoms with Crippen LogP contribution in [0.5, 0.6) is 0 Å². The Morgan fingerprint density at radius 2 is 0.769 bits per heavy atom. The minimum absolute atomic E-state index is 1.09. The molecular formula is C26H50. The van der Waals surface area contributed by atoms with Gasteiger partial charge in [-0.05, 0) is 49.4 Å². The van der Waals surface area contributed by atoms with Crippen LogP contribution in [0.25, 0.3) is 0 Å². The smallest absolute Gasteiger partial charge is 0.0386 e. The van der Waals surface area contributed by atoms with Crippen molar-refractivity contribution in [2.75, 3.05) is 0 Å². The first kappa shape index (κ1) is 22.3. The Bertz CT molecular complexity index is 304. The fourth-order valence-corrected chi connectivity index (χ4v) is 5.97. The van der Waals surface area contributed by atoms with Crippen molar-refractivity contribution in [1.29, 1.82) is 0 Å². The van der Waals surface area contributed by atoms with Gasteiger partial charge in [-0.3, -0.25) is 0 Å². The normalized spacial score (nSPS) is 29.8. The first-order chi connectivity index (χ1) is 12.8. The van der Waals surface area contributed by atoms with Crippen LogP contribution in [0, 0.1) is 23.7 Å². The van der Waals surface area contributed by atoms with Gasteiger partial charge in [0.25, 0.3) is 0 Å². The lowest BCUT2D eigenvalue weighted by molar-refractivity contribution is 0.139. The van der Waals surface area contributed by atoms with Crippen molar-refractivity contribution < 1.29 is 0 Å². The lowest BCUT2D eigenvalue weighted by Gasteiger charge is -2.38. The third-order valence-corrected chi connectivity index (χ3v) is 7.88. The monoisotopic (exact) mass is 362 g/mol. The Labute approximate surface area is 166 Å². The van der Waals surface area contributed by atoms with Crippen LogP contribution in [0.3, 0.4) is 0 Å². The third kappa shape index (κ3) is 8.79. The van der Waals surface area contributed by atoms with E-state index < -0.39 is 0 Å². The molecule has 0 aromatic carbocycles. The molecule has 2 rings (SSSR count). The van der Waals surface area contributed by atoms with Gasteiger partial charge in [-0.15, -0.1) is 0 Å². The maximum absolute atomic E-state index is 2.33. The van der Waals surface area contributed by atoms with Gasteiger partial charge in [0.05, 0.1) is 0 Å². The molecule has 154 valence electrons. The zero-order valence-corrected chi connectivity index (χ0v) is 18.5. The summed E-state index contributed by atoms with van der Waals surface area (Å²) < 4.78 is 0. The van der Waals surface area contributed by atoms with Crippen molar-refractivity contribution in [2.24, 2.45) is 23.7 Å². The zero-order chi connectivity index (χ0) is 18.5. The largest absolute Gasteiger partial charge is 0.0654 e. The van der Waals surface area contributed by atoms with Gasteiger partial charge in [0.1, 0.15) is 0 Å². The molecular weight excluding hydrogens is 312 g/mol.